The maximum Gasteiger partial charge on any atom is 0.472 e. The topological polar surface area (TPSA) is 307 Å². The van der Waals surface area contributed by atoms with Crippen LogP contribution in [0.4, 0.5) is 11.8 Å². The van der Waals surface area contributed by atoms with Gasteiger partial charge in [-0.15, -0.1) is 0 Å². The van der Waals surface area contributed by atoms with Crippen LogP contribution in [0.2, 0.25) is 0 Å². The van der Waals surface area contributed by atoms with Crippen molar-refractivity contribution < 1.29 is 50.1 Å². The number of hydrogen-bond donors (Lipinski definition) is 5. The van der Waals surface area contributed by atoms with Crippen molar-refractivity contribution in [3.63, 3.8) is 0 Å². The van der Waals surface area contributed by atoms with Crippen molar-refractivity contribution in [1.82, 2.24) is 43.8 Å². The third kappa shape index (κ3) is 4.91. The first-order chi connectivity index (χ1) is 22.4. The Kier molecular flexibility index (Phi) is 6.95. The number of hydrogen-bond acceptors (Lipinski definition) is 18. The Morgan fingerprint density at radius 1 is 1.11 bits per heavy atom. The molecule has 0 aliphatic carbocycles. The molecule has 4 aromatic heterocycles. The number of H-pyrrole nitrogens is 1. The van der Waals surface area contributed by atoms with E-state index >= 15 is 0 Å². The summed E-state index contributed by atoms with van der Waals surface area (Å²) >= 11 is 0. The fourth-order valence-electron chi connectivity index (χ4n) is 6.28. The van der Waals surface area contributed by atoms with E-state index in [1.165, 1.54) is 35.2 Å². The smallest absolute Gasteiger partial charge is 0.382 e. The summed E-state index contributed by atoms with van der Waals surface area (Å²) in [5.74, 6) is -0.134. The van der Waals surface area contributed by atoms with Crippen molar-refractivity contribution in [3.8, 4) is 0 Å². The maximum atomic E-state index is 13.5. The minimum absolute atomic E-state index is 0.0516. The van der Waals surface area contributed by atoms with Gasteiger partial charge in [-0.2, -0.15) is 18.1 Å². The van der Waals surface area contributed by atoms with Crippen LogP contribution in [0.3, 0.4) is 0 Å². The quantitative estimate of drug-likeness (QED) is 0.137. The molecular formula is C22H26N11O12PS. The number of nitrogens with two attached hydrogens (primary N) is 2. The molecule has 9 atom stereocenters. The van der Waals surface area contributed by atoms with Gasteiger partial charge in [-0.25, -0.2) is 28.7 Å². The number of nitrogens with zero attached hydrogens (tertiary/aromatic N) is 7. The minimum Gasteiger partial charge on any atom is -0.382 e. The molecule has 4 saturated heterocycles. The average molecular weight is 700 g/mol. The minimum atomic E-state index is -4.93. The number of methoxy groups -OCH3 is 1. The molecule has 252 valence electrons. The zero-order valence-electron chi connectivity index (χ0n) is 24.0. The van der Waals surface area contributed by atoms with Crippen LogP contribution in [0.1, 0.15) is 12.5 Å². The molecule has 47 heavy (non-hydrogen) atoms. The summed E-state index contributed by atoms with van der Waals surface area (Å²) in [6, 6.07) is 0. The summed E-state index contributed by atoms with van der Waals surface area (Å²) < 4.78 is 86.0. The van der Waals surface area contributed by atoms with Gasteiger partial charge in [-0.1, -0.05) is 0 Å². The van der Waals surface area contributed by atoms with Crippen LogP contribution in [0, 0.1) is 0 Å². The summed E-state index contributed by atoms with van der Waals surface area (Å²) in [4.78, 5) is 46.1. The highest BCUT2D eigenvalue weighted by Crippen LogP contribution is 2.55. The van der Waals surface area contributed by atoms with Crippen LogP contribution < -0.4 is 21.7 Å². The second kappa shape index (κ2) is 10.7. The summed E-state index contributed by atoms with van der Waals surface area (Å²) in [5, 5.41) is 0. The molecule has 0 radical (unpaired) electrons. The fourth-order valence-corrected chi connectivity index (χ4v) is 8.26. The number of nitrogens with one attached hydrogen (secondary N) is 2. The van der Waals surface area contributed by atoms with Gasteiger partial charge in [-0.3, -0.25) is 28.0 Å². The summed E-state index contributed by atoms with van der Waals surface area (Å²) in [7, 11) is -8.36. The molecule has 25 heteroatoms. The number of nitrogen functional groups attached to an aromatic ring is 2. The van der Waals surface area contributed by atoms with Crippen molar-refractivity contribution in [2.45, 2.75) is 48.6 Å². The van der Waals surface area contributed by atoms with E-state index in [1.54, 1.807) is 0 Å². The van der Waals surface area contributed by atoms with Gasteiger partial charge in [-0.05, 0) is 0 Å². The first-order valence-electron chi connectivity index (χ1n) is 13.9. The highest BCUT2D eigenvalue weighted by Gasteiger charge is 2.65. The molecular weight excluding hydrogens is 673 g/mol. The summed E-state index contributed by atoms with van der Waals surface area (Å²) in [6.07, 6.45) is -4.89. The highest BCUT2D eigenvalue weighted by molar-refractivity contribution is 7.84. The molecule has 0 aromatic carbocycles. The van der Waals surface area contributed by atoms with E-state index in [-0.39, 0.29) is 40.7 Å². The molecule has 8 heterocycles. The van der Waals surface area contributed by atoms with Gasteiger partial charge < -0.3 is 35.3 Å². The van der Waals surface area contributed by atoms with Crippen molar-refractivity contribution in [1.29, 1.82) is 0 Å². The van der Waals surface area contributed by atoms with E-state index in [0.29, 0.717) is 0 Å². The highest BCUT2D eigenvalue weighted by atomic mass is 32.2. The van der Waals surface area contributed by atoms with Crippen LogP contribution in [0.25, 0.3) is 22.3 Å². The SMILES string of the molecule is COC1C2COP(=O)(O)OC3C4OCC3(CNS(=O)(=O)OC1C(n1cnc3c(=O)[nH]c(N)nc31)O2)OC4n1cnc2c(N)ncnc21. The number of phosphoric acid groups is 1. The molecule has 4 fully saturated rings. The van der Waals surface area contributed by atoms with Crippen LogP contribution in [-0.2, 0) is 47.0 Å². The van der Waals surface area contributed by atoms with Gasteiger partial charge in [0.2, 0.25) is 5.95 Å². The van der Waals surface area contributed by atoms with E-state index in [9.17, 15) is 22.7 Å². The molecule has 4 aliphatic heterocycles. The monoisotopic (exact) mass is 699 g/mol. The Labute approximate surface area is 262 Å². The summed E-state index contributed by atoms with van der Waals surface area (Å²) in [5.41, 5.74) is 9.71. The molecule has 4 bridgehead atoms. The van der Waals surface area contributed by atoms with Gasteiger partial charge in [0.1, 0.15) is 41.9 Å². The van der Waals surface area contributed by atoms with Crippen LogP contribution >= 0.6 is 7.82 Å². The molecule has 0 spiro atoms. The Morgan fingerprint density at radius 2 is 1.87 bits per heavy atom. The van der Waals surface area contributed by atoms with Crippen molar-refractivity contribution >= 4 is 52.2 Å². The molecule has 4 aromatic rings. The fraction of sp³-hybridized carbons (Fsp3) is 0.545. The first kappa shape index (κ1) is 30.6. The number of anilines is 2. The number of ether oxygens (including phenoxy) is 4. The second-order valence-corrected chi connectivity index (χ2v) is 13.9. The van der Waals surface area contributed by atoms with Crippen molar-refractivity contribution in [2.24, 2.45) is 0 Å². The molecule has 4 aliphatic rings. The number of rotatable bonds is 3. The molecule has 9 unspecified atom stereocenters. The lowest BCUT2D eigenvalue weighted by molar-refractivity contribution is -0.169. The van der Waals surface area contributed by atoms with Crippen molar-refractivity contribution in [3.05, 3.63) is 29.3 Å². The van der Waals surface area contributed by atoms with Gasteiger partial charge in [0, 0.05) is 13.7 Å². The predicted octanol–water partition coefficient (Wildman–Crippen LogP) is -2.56. The van der Waals surface area contributed by atoms with E-state index in [2.05, 4.69) is 34.6 Å². The third-order valence-corrected chi connectivity index (χ3v) is 10.3. The lowest BCUT2D eigenvalue weighted by atomic mass is 10.00. The largest absolute Gasteiger partial charge is 0.472 e. The van der Waals surface area contributed by atoms with Crippen molar-refractivity contribution in [2.75, 3.05) is 38.3 Å². The number of aromatic amines is 1. The standard InChI is InChI=1S/C22H26N11O12PS/c1-39-11-8-2-41-46(35,36)44-14-13-20(32-6-27-9-15(23)25-5-26-16(9)32)43-22(14,4-40-13)3-29-47(37,38)45-12(11)19(42-8)33-7-28-10-17(33)30-21(24)31-18(10)34/h5-8,11-14,19-20,29H,2-4H2,1H3,(H,35,36)(H2,23,25,26)(H3,24,30,31,34). The molecule has 0 amide bonds. The van der Waals surface area contributed by atoms with Gasteiger partial charge >= 0.3 is 18.1 Å². The Balaban J connectivity index is 1.16. The number of imidazole rings is 2. The molecule has 23 nitrogen and oxygen atoms in total. The summed E-state index contributed by atoms with van der Waals surface area (Å²) in [6.45, 7) is -1.42. The van der Waals surface area contributed by atoms with Gasteiger partial charge in [0.15, 0.2) is 41.2 Å². The van der Waals surface area contributed by atoms with Gasteiger partial charge in [0.25, 0.3) is 5.56 Å². The molecule has 7 N–H and O–H groups in total. The number of fused-ring (bicyclic) bond motifs is 4. The zero-order valence-corrected chi connectivity index (χ0v) is 25.7. The van der Waals surface area contributed by atoms with Crippen LogP contribution in [-0.4, -0.2) is 115 Å². The second-order valence-electron chi connectivity index (χ2n) is 11.1. The third-order valence-electron chi connectivity index (χ3n) is 8.35. The van der Waals surface area contributed by atoms with E-state index in [1.807, 2.05) is 0 Å². The van der Waals surface area contributed by atoms with E-state index < -0.39 is 85.4 Å². The Hall–Kier alpha value is -3.68. The van der Waals surface area contributed by atoms with E-state index in [4.69, 9.17) is 43.6 Å². The van der Waals surface area contributed by atoms with E-state index in [0.717, 1.165) is 0 Å². The maximum absolute atomic E-state index is 13.5. The molecule has 8 rings (SSSR count). The first-order valence-corrected chi connectivity index (χ1v) is 16.8. The zero-order chi connectivity index (χ0) is 32.9. The van der Waals surface area contributed by atoms with Crippen LogP contribution in [0.15, 0.2) is 23.8 Å². The number of phosphoric ester groups is 1. The number of aromatic nitrogens is 8. The lowest BCUT2D eigenvalue weighted by Crippen LogP contribution is -2.52. The average Bonchev–Trinajstić information content (AvgIpc) is 3.82. The predicted molar refractivity (Wildman–Crippen MR) is 152 cm³/mol. The lowest BCUT2D eigenvalue weighted by Gasteiger charge is -2.32. The van der Waals surface area contributed by atoms with Gasteiger partial charge in [0.05, 0.1) is 25.9 Å². The normalized spacial score (nSPS) is 37.0. The Bertz CT molecular complexity index is 2110. The Morgan fingerprint density at radius 3 is 2.66 bits per heavy atom. The molecule has 0 saturated carbocycles. The van der Waals surface area contributed by atoms with Crippen LogP contribution in [0.5, 0.6) is 0 Å².